The molecule has 0 heterocycles. The van der Waals surface area contributed by atoms with E-state index in [1.54, 1.807) is 0 Å². The van der Waals surface area contributed by atoms with Crippen molar-refractivity contribution in [1.29, 1.82) is 0 Å². The van der Waals surface area contributed by atoms with Crippen molar-refractivity contribution in [3.8, 4) is 0 Å². The molecule has 2 heteroatoms. The zero-order valence-corrected chi connectivity index (χ0v) is 6.47. The zero-order valence-electron chi connectivity index (χ0n) is 3.49. The average molecular weight is 203 g/mol. The molecule has 0 fully saturated rings. The number of rotatable bonds is 2. The van der Waals surface area contributed by atoms with Crippen molar-refractivity contribution in [3.05, 3.63) is 0 Å². The van der Waals surface area contributed by atoms with E-state index in [4.69, 9.17) is 0 Å². The van der Waals surface area contributed by atoms with E-state index >= 15 is 0 Å². The molecule has 0 saturated carbocycles. The summed E-state index contributed by atoms with van der Waals surface area (Å²) in [6.07, 6.45) is 0. The van der Waals surface area contributed by atoms with Crippen LogP contribution in [0.4, 0.5) is 0 Å². The molecule has 0 aliphatic heterocycles. The summed E-state index contributed by atoms with van der Waals surface area (Å²) in [5, 5.41) is 0. The SMILES string of the molecule is CCS[I-]C. The molecular weight excluding hydrogens is 195 g/mol. The van der Waals surface area contributed by atoms with Crippen LogP contribution in [0.1, 0.15) is 6.92 Å². The Kier molecular flexibility index (Phi) is 6.18. The molecule has 0 bridgehead atoms. The second kappa shape index (κ2) is 5.08. The summed E-state index contributed by atoms with van der Waals surface area (Å²) in [6, 6.07) is 0. The summed E-state index contributed by atoms with van der Waals surface area (Å²) >= 11 is 0.524. The van der Waals surface area contributed by atoms with Crippen LogP contribution in [0.25, 0.3) is 0 Å². The van der Waals surface area contributed by atoms with Gasteiger partial charge >= 0.3 is 46.4 Å². The van der Waals surface area contributed by atoms with Crippen molar-refractivity contribution in [1.82, 2.24) is 0 Å². The van der Waals surface area contributed by atoms with Gasteiger partial charge in [-0.05, 0) is 0 Å². The maximum absolute atomic E-state index is 2.28. The monoisotopic (exact) mass is 203 g/mol. The number of hydrogen-bond donors (Lipinski definition) is 0. The van der Waals surface area contributed by atoms with Crippen molar-refractivity contribution in [3.63, 3.8) is 0 Å². The molecule has 0 N–H and O–H groups in total. The van der Waals surface area contributed by atoms with Gasteiger partial charge in [0.05, 0.1) is 0 Å². The van der Waals surface area contributed by atoms with Gasteiger partial charge in [-0.1, -0.05) is 0 Å². The molecule has 0 aromatic heterocycles. The summed E-state index contributed by atoms with van der Waals surface area (Å²) in [5.41, 5.74) is 0. The quantitative estimate of drug-likeness (QED) is 0.383. The molecule has 0 aromatic rings. The minimum absolute atomic E-state index is 0.524. The van der Waals surface area contributed by atoms with E-state index < -0.39 is 0 Å². The Morgan fingerprint density at radius 2 is 2.40 bits per heavy atom. The predicted octanol–water partition coefficient (Wildman–Crippen LogP) is -1.63. The fraction of sp³-hybridized carbons (Fsp3) is 1.00. The predicted molar refractivity (Wildman–Crippen MR) is 24.1 cm³/mol. The maximum atomic E-state index is 2.28. The van der Waals surface area contributed by atoms with Crippen molar-refractivity contribution in [2.24, 2.45) is 0 Å². The minimum atomic E-state index is 0.524. The molecule has 0 spiro atoms. The third kappa shape index (κ3) is 5.08. The molecule has 34 valence electrons. The second-order valence-electron chi connectivity index (χ2n) is 0.552. The Hall–Kier alpha value is 1.08. The van der Waals surface area contributed by atoms with Crippen LogP contribution in [0.5, 0.6) is 0 Å². The Morgan fingerprint density at radius 1 is 1.80 bits per heavy atom. The first-order valence-corrected chi connectivity index (χ1v) is 7.21. The molecule has 0 radical (unpaired) electrons. The molecule has 0 amide bonds. The number of halogens is 1. The summed E-state index contributed by atoms with van der Waals surface area (Å²) in [5.74, 6) is 1.31. The molecule has 0 rings (SSSR count). The van der Waals surface area contributed by atoms with E-state index in [9.17, 15) is 0 Å². The van der Waals surface area contributed by atoms with Gasteiger partial charge in [0.25, 0.3) is 0 Å². The molecule has 5 heavy (non-hydrogen) atoms. The standard InChI is InChI=1S/C3H8IS/c1-3-5-4-2/h3H2,1-2H3/q-1. The third-order valence-electron chi connectivity index (χ3n) is 0.218. The van der Waals surface area contributed by atoms with Gasteiger partial charge < -0.3 is 0 Å². The van der Waals surface area contributed by atoms with Gasteiger partial charge in [0, 0.05) is 0 Å². The normalized spacial score (nSPS) is 9.20. The van der Waals surface area contributed by atoms with Gasteiger partial charge in [-0.15, -0.1) is 0 Å². The fourth-order valence-corrected chi connectivity index (χ4v) is 2.20. The van der Waals surface area contributed by atoms with Gasteiger partial charge in [0.15, 0.2) is 0 Å². The van der Waals surface area contributed by atoms with E-state index in [0.717, 1.165) is 0 Å². The van der Waals surface area contributed by atoms with Crippen LogP contribution >= 0.6 is 8.93 Å². The van der Waals surface area contributed by atoms with E-state index in [1.807, 2.05) is 0 Å². The molecule has 0 saturated heterocycles. The van der Waals surface area contributed by atoms with Gasteiger partial charge in [-0.3, -0.25) is 0 Å². The Morgan fingerprint density at radius 3 is 2.40 bits per heavy atom. The van der Waals surface area contributed by atoms with E-state index in [-0.39, 0.29) is 0 Å². The molecule has 0 unspecified atom stereocenters. The van der Waals surface area contributed by atoms with Crippen LogP contribution < -0.4 is 19.8 Å². The van der Waals surface area contributed by atoms with Crippen LogP contribution in [0.2, 0.25) is 0 Å². The molecule has 0 aliphatic carbocycles. The molecule has 0 aromatic carbocycles. The van der Waals surface area contributed by atoms with Crippen molar-refractivity contribution in [2.45, 2.75) is 6.92 Å². The Labute approximate surface area is 46.4 Å². The summed E-state index contributed by atoms with van der Waals surface area (Å²) in [4.78, 5) is 2.28. The van der Waals surface area contributed by atoms with Gasteiger partial charge in [-0.25, -0.2) is 0 Å². The first kappa shape index (κ1) is 6.08. The van der Waals surface area contributed by atoms with E-state index in [0.29, 0.717) is 19.8 Å². The number of alkyl halides is 1. The average Bonchev–Trinajstić information content (AvgIpc) is 1.41. The van der Waals surface area contributed by atoms with Crippen molar-refractivity contribution < 1.29 is 19.8 Å². The van der Waals surface area contributed by atoms with E-state index in [1.165, 1.54) is 5.75 Å². The van der Waals surface area contributed by atoms with Crippen LogP contribution in [0.3, 0.4) is 0 Å². The topological polar surface area (TPSA) is 0 Å². The molecule has 0 atom stereocenters. The molecule has 0 aliphatic rings. The molecular formula is C3H8IS-. The first-order valence-electron chi connectivity index (χ1n) is 1.53. The van der Waals surface area contributed by atoms with Gasteiger partial charge in [0.2, 0.25) is 0 Å². The third-order valence-corrected chi connectivity index (χ3v) is 4.39. The summed E-state index contributed by atoms with van der Waals surface area (Å²) in [7, 11) is 2.07. The van der Waals surface area contributed by atoms with Crippen LogP contribution in [0, 0.1) is 0 Å². The summed E-state index contributed by atoms with van der Waals surface area (Å²) < 4.78 is 0. The van der Waals surface area contributed by atoms with Crippen molar-refractivity contribution in [2.75, 3.05) is 10.7 Å². The number of hydrogen-bond acceptors (Lipinski definition) is 1. The molecule has 0 nitrogen and oxygen atoms in total. The van der Waals surface area contributed by atoms with E-state index in [2.05, 4.69) is 20.8 Å². The van der Waals surface area contributed by atoms with Crippen LogP contribution in [0.15, 0.2) is 0 Å². The zero-order chi connectivity index (χ0) is 4.12. The first-order chi connectivity index (χ1) is 2.41. The Balaban J connectivity index is 2.19. The fourth-order valence-electron chi connectivity index (χ4n) is 0.109. The van der Waals surface area contributed by atoms with Gasteiger partial charge in [0.1, 0.15) is 0 Å². The second-order valence-corrected chi connectivity index (χ2v) is 6.17. The Bertz CT molecular complexity index is 14.4. The van der Waals surface area contributed by atoms with Crippen LogP contribution in [-0.2, 0) is 0 Å². The summed E-state index contributed by atoms with van der Waals surface area (Å²) in [6.45, 7) is 2.20. The van der Waals surface area contributed by atoms with Crippen LogP contribution in [-0.4, -0.2) is 10.7 Å². The van der Waals surface area contributed by atoms with Gasteiger partial charge in [-0.2, -0.15) is 0 Å². The van der Waals surface area contributed by atoms with Crippen molar-refractivity contribution >= 4 is 8.93 Å².